The quantitative estimate of drug-likeness (QED) is 0.436. The van der Waals surface area contributed by atoms with E-state index in [0.717, 1.165) is 5.56 Å². The van der Waals surface area contributed by atoms with Crippen LogP contribution in [0.5, 0.6) is 5.75 Å². The van der Waals surface area contributed by atoms with Gasteiger partial charge in [-0.05, 0) is 42.0 Å². The van der Waals surface area contributed by atoms with Crippen molar-refractivity contribution in [1.82, 2.24) is 9.80 Å². The highest BCUT2D eigenvalue weighted by atomic mass is 35.5. The normalized spacial score (nSPS) is 17.5. The fourth-order valence-corrected chi connectivity index (χ4v) is 4.39. The highest BCUT2D eigenvalue weighted by Crippen LogP contribution is 2.28. The Bertz CT molecular complexity index is 1190. The van der Waals surface area contributed by atoms with Crippen molar-refractivity contribution in [1.29, 1.82) is 0 Å². The minimum absolute atomic E-state index is 0.00380. The predicted octanol–water partition coefficient (Wildman–Crippen LogP) is 4.82. The maximum Gasteiger partial charge on any atom is 0.255 e. The van der Waals surface area contributed by atoms with Crippen molar-refractivity contribution in [3.63, 3.8) is 0 Å². The maximum absolute atomic E-state index is 13.3. The smallest absolute Gasteiger partial charge is 0.255 e. The Labute approximate surface area is 215 Å². The van der Waals surface area contributed by atoms with Crippen LogP contribution in [-0.4, -0.2) is 60.6 Å². The summed E-state index contributed by atoms with van der Waals surface area (Å²) in [5.41, 5.74) is 0.304. The summed E-state index contributed by atoms with van der Waals surface area (Å²) < 4.78 is 25.4. The van der Waals surface area contributed by atoms with Crippen LogP contribution in [0.15, 0.2) is 78.9 Å². The monoisotopic (exact) mass is 510 g/mol. The van der Waals surface area contributed by atoms with E-state index in [4.69, 9.17) is 21.1 Å². The fourth-order valence-electron chi connectivity index (χ4n) is 4.17. The van der Waals surface area contributed by atoms with Gasteiger partial charge in [-0.3, -0.25) is 9.59 Å². The molecule has 188 valence electrons. The third-order valence-electron chi connectivity index (χ3n) is 6.12. The second-order valence-electron chi connectivity index (χ2n) is 8.89. The number of nitrogens with zero attached hydrogens (tertiary/aromatic N) is 2. The van der Waals surface area contributed by atoms with E-state index in [2.05, 4.69) is 0 Å². The average Bonchev–Trinajstić information content (AvgIpc) is 2.89. The first-order valence-corrected chi connectivity index (χ1v) is 12.1. The van der Waals surface area contributed by atoms with Gasteiger partial charge in [0.25, 0.3) is 5.91 Å². The second kappa shape index (κ2) is 11.5. The van der Waals surface area contributed by atoms with Crippen molar-refractivity contribution in [3.05, 3.63) is 101 Å². The lowest BCUT2D eigenvalue weighted by Crippen LogP contribution is -2.58. The van der Waals surface area contributed by atoms with Gasteiger partial charge < -0.3 is 19.3 Å². The number of morpholine rings is 1. The Hall–Kier alpha value is -3.42. The summed E-state index contributed by atoms with van der Waals surface area (Å²) >= 11 is 6.27. The molecule has 1 aliphatic rings. The summed E-state index contributed by atoms with van der Waals surface area (Å²) in [6, 6.07) is 22.2. The van der Waals surface area contributed by atoms with Crippen molar-refractivity contribution in [2.75, 3.05) is 33.4 Å². The fraction of sp³-hybridized carbons (Fsp3) is 0.286. The van der Waals surface area contributed by atoms with Crippen LogP contribution >= 0.6 is 11.6 Å². The summed E-state index contributed by atoms with van der Waals surface area (Å²) in [6.07, 6.45) is 0.00380. The van der Waals surface area contributed by atoms with Gasteiger partial charge in [0.2, 0.25) is 5.91 Å². The first-order chi connectivity index (χ1) is 17.3. The van der Waals surface area contributed by atoms with Gasteiger partial charge in [0.1, 0.15) is 23.8 Å². The molecule has 2 amide bonds. The molecule has 36 heavy (non-hydrogen) atoms. The van der Waals surface area contributed by atoms with E-state index in [0.29, 0.717) is 29.4 Å². The Balaban J connectivity index is 1.53. The highest BCUT2D eigenvalue weighted by Gasteiger charge is 2.42. The number of hydrogen-bond acceptors (Lipinski definition) is 4. The molecule has 6 nitrogen and oxygen atoms in total. The van der Waals surface area contributed by atoms with Crippen molar-refractivity contribution < 1.29 is 23.5 Å². The van der Waals surface area contributed by atoms with E-state index in [-0.39, 0.29) is 43.8 Å². The lowest BCUT2D eigenvalue weighted by molar-refractivity contribution is -0.152. The standard InChI is InChI=1S/C28H28ClFN2O4/c1-31(18-21-7-3-2-4-8-21)26(33)17-28(20-35-23-13-11-22(30)12-14-23)19-32(15-16-36-28)27(34)24-9-5-6-10-25(24)29/h2-14H,15-20H2,1H3/t28-/m1/s1. The van der Waals surface area contributed by atoms with Gasteiger partial charge in [0.15, 0.2) is 0 Å². The topological polar surface area (TPSA) is 59.1 Å². The van der Waals surface area contributed by atoms with Crippen molar-refractivity contribution >= 4 is 23.4 Å². The molecule has 0 saturated carbocycles. The van der Waals surface area contributed by atoms with Crippen LogP contribution in [0.4, 0.5) is 4.39 Å². The van der Waals surface area contributed by atoms with Gasteiger partial charge in [-0.15, -0.1) is 0 Å². The maximum atomic E-state index is 13.3. The average molecular weight is 511 g/mol. The van der Waals surface area contributed by atoms with Gasteiger partial charge in [-0.1, -0.05) is 54.1 Å². The number of hydrogen-bond donors (Lipinski definition) is 0. The van der Waals surface area contributed by atoms with Gasteiger partial charge in [0, 0.05) is 20.1 Å². The molecule has 0 aromatic heterocycles. The number of carbonyl (C=O) groups excluding carboxylic acids is 2. The van der Waals surface area contributed by atoms with Crippen molar-refractivity contribution in [3.8, 4) is 5.75 Å². The molecule has 1 fully saturated rings. The minimum Gasteiger partial charge on any atom is -0.490 e. The zero-order valence-electron chi connectivity index (χ0n) is 20.0. The molecule has 1 heterocycles. The molecule has 0 aliphatic carbocycles. The Morgan fingerprint density at radius 1 is 1.06 bits per heavy atom. The van der Waals surface area contributed by atoms with E-state index < -0.39 is 5.60 Å². The minimum atomic E-state index is -1.09. The van der Waals surface area contributed by atoms with Crippen LogP contribution in [0, 0.1) is 5.82 Å². The molecule has 4 rings (SSSR count). The molecule has 1 saturated heterocycles. The molecule has 0 N–H and O–H groups in total. The molecule has 0 spiro atoms. The SMILES string of the molecule is CN(Cc1ccccc1)C(=O)C[C@]1(COc2ccc(F)cc2)CN(C(=O)c2ccccc2Cl)CCO1. The second-order valence-corrected chi connectivity index (χ2v) is 9.30. The summed E-state index contributed by atoms with van der Waals surface area (Å²) in [7, 11) is 1.74. The first kappa shape index (κ1) is 25.7. The Kier molecular flexibility index (Phi) is 8.23. The molecule has 0 radical (unpaired) electrons. The van der Waals surface area contributed by atoms with Crippen LogP contribution in [-0.2, 0) is 16.1 Å². The third kappa shape index (κ3) is 6.42. The summed E-state index contributed by atoms with van der Waals surface area (Å²) in [6.45, 7) is 1.19. The Morgan fingerprint density at radius 2 is 1.75 bits per heavy atom. The molecule has 1 aliphatic heterocycles. The zero-order valence-corrected chi connectivity index (χ0v) is 20.8. The van der Waals surface area contributed by atoms with E-state index in [9.17, 15) is 14.0 Å². The largest absolute Gasteiger partial charge is 0.490 e. The van der Waals surface area contributed by atoms with Gasteiger partial charge in [-0.2, -0.15) is 0 Å². The van der Waals surface area contributed by atoms with E-state index >= 15 is 0 Å². The molecule has 3 aromatic carbocycles. The van der Waals surface area contributed by atoms with Crippen molar-refractivity contribution in [2.24, 2.45) is 0 Å². The highest BCUT2D eigenvalue weighted by molar-refractivity contribution is 6.33. The lowest BCUT2D eigenvalue weighted by Gasteiger charge is -2.42. The number of ether oxygens (including phenoxy) is 2. The molecule has 3 aromatic rings. The first-order valence-electron chi connectivity index (χ1n) is 11.7. The van der Waals surface area contributed by atoms with Gasteiger partial charge in [0.05, 0.1) is 30.2 Å². The Morgan fingerprint density at radius 3 is 2.47 bits per heavy atom. The lowest BCUT2D eigenvalue weighted by atomic mass is 9.96. The van der Waals surface area contributed by atoms with Crippen LogP contribution < -0.4 is 4.74 Å². The number of halogens is 2. The molecule has 8 heteroatoms. The molecular formula is C28H28ClFN2O4. The molecule has 0 unspecified atom stereocenters. The van der Waals surface area contributed by atoms with Crippen LogP contribution in [0.25, 0.3) is 0 Å². The number of benzene rings is 3. The third-order valence-corrected chi connectivity index (χ3v) is 6.45. The number of amides is 2. The van der Waals surface area contributed by atoms with E-state index in [1.165, 1.54) is 24.3 Å². The van der Waals surface area contributed by atoms with Crippen LogP contribution in [0.2, 0.25) is 5.02 Å². The van der Waals surface area contributed by atoms with Gasteiger partial charge in [-0.25, -0.2) is 4.39 Å². The molecule has 1 atom stereocenters. The number of carbonyl (C=O) groups is 2. The molecule has 0 bridgehead atoms. The predicted molar refractivity (Wildman–Crippen MR) is 135 cm³/mol. The zero-order chi connectivity index (χ0) is 25.5. The van der Waals surface area contributed by atoms with Crippen molar-refractivity contribution in [2.45, 2.75) is 18.6 Å². The van der Waals surface area contributed by atoms with Crippen LogP contribution in [0.1, 0.15) is 22.3 Å². The summed E-state index contributed by atoms with van der Waals surface area (Å²) in [4.78, 5) is 29.9. The summed E-state index contributed by atoms with van der Waals surface area (Å²) in [5, 5.41) is 0.362. The number of rotatable bonds is 8. The van der Waals surface area contributed by atoms with E-state index in [1.807, 2.05) is 30.3 Å². The van der Waals surface area contributed by atoms with Gasteiger partial charge >= 0.3 is 0 Å². The molecular weight excluding hydrogens is 483 g/mol. The van der Waals surface area contributed by atoms with E-state index in [1.54, 1.807) is 41.1 Å². The van der Waals surface area contributed by atoms with Crippen LogP contribution in [0.3, 0.4) is 0 Å². The summed E-state index contributed by atoms with van der Waals surface area (Å²) in [5.74, 6) is -0.312.